The molecule has 0 saturated carbocycles. The summed E-state index contributed by atoms with van der Waals surface area (Å²) in [5.74, 6) is 1.09. The predicted octanol–water partition coefficient (Wildman–Crippen LogP) is 14.7. The molecule has 20 nitrogen and oxygen atoms in total. The van der Waals surface area contributed by atoms with Gasteiger partial charge in [0, 0.05) is 47.9 Å². The maximum absolute atomic E-state index is 10.7. The summed E-state index contributed by atoms with van der Waals surface area (Å²) in [6.07, 6.45) is 4.21. The molecule has 94 heavy (non-hydrogen) atoms. The minimum Gasteiger partial charge on any atom is -0.507 e. The van der Waals surface area contributed by atoms with E-state index >= 15 is 0 Å². The molecule has 0 aromatic heterocycles. The summed E-state index contributed by atoms with van der Waals surface area (Å²) in [6, 6.07) is 40.5. The third kappa shape index (κ3) is 22.2. The highest BCUT2D eigenvalue weighted by Gasteiger charge is 2.32. The minimum absolute atomic E-state index is 0.00298. The fourth-order valence-corrected chi connectivity index (χ4v) is 12.0. The number of rotatable bonds is 10. The number of carbonyl (C=O) groups is 2. The number of hydrogen-bond donors (Lipinski definition) is 6. The highest BCUT2D eigenvalue weighted by Crippen LogP contribution is 2.40. The molecular formula is C67H48Br7N7O13. The van der Waals surface area contributed by atoms with Gasteiger partial charge in [0.2, 0.25) is 0 Å². The van der Waals surface area contributed by atoms with Crippen molar-refractivity contribution in [3.8, 4) is 82.7 Å². The number of aliphatic hydroxyl groups is 1. The fourth-order valence-electron chi connectivity index (χ4n) is 8.35. The molecule has 0 amide bonds. The Bertz CT molecular complexity index is 4240. The number of carboxylic acids is 2. The zero-order chi connectivity index (χ0) is 69.3. The molecule has 7 aromatic rings. The van der Waals surface area contributed by atoms with E-state index in [0.717, 1.165) is 49.3 Å². The van der Waals surface area contributed by atoms with Gasteiger partial charge in [0.05, 0.1) is 132 Å². The van der Waals surface area contributed by atoms with Gasteiger partial charge < -0.3 is 54.3 Å². The van der Waals surface area contributed by atoms with Crippen LogP contribution in [0.3, 0.4) is 0 Å². The molecule has 6 N–H and O–H groups in total. The second kappa shape index (κ2) is 37.2. The van der Waals surface area contributed by atoms with Crippen LogP contribution in [0.1, 0.15) is 66.8 Å². The number of aromatic hydroxyl groups is 3. The molecule has 11 rings (SSSR count). The lowest BCUT2D eigenvalue weighted by atomic mass is 10.1. The summed E-state index contributed by atoms with van der Waals surface area (Å²) in [6.45, 7) is 8.33. The number of allylic oxidation sites excluding steroid dienone is 1. The molecule has 0 spiro atoms. The van der Waals surface area contributed by atoms with E-state index in [4.69, 9.17) is 80.9 Å². The fraction of sp³-hybridized carbons (Fsp3) is 0.179. The summed E-state index contributed by atoms with van der Waals surface area (Å²) in [5.41, 5.74) is 7.79. The van der Waals surface area contributed by atoms with Gasteiger partial charge >= 0.3 is 11.9 Å². The molecule has 7 aromatic carbocycles. The zero-order valence-corrected chi connectivity index (χ0v) is 59.7. The van der Waals surface area contributed by atoms with E-state index < -0.39 is 24.1 Å². The lowest BCUT2D eigenvalue weighted by molar-refractivity contribution is -0.145. The topological polar surface area (TPSA) is 372 Å². The lowest BCUT2D eigenvalue weighted by Gasteiger charge is -2.06. The van der Waals surface area contributed by atoms with Gasteiger partial charge in [-0.1, -0.05) is 18.7 Å². The Morgan fingerprint density at radius 3 is 1.27 bits per heavy atom. The molecule has 4 heterocycles. The molecule has 1 saturated heterocycles. The highest BCUT2D eigenvalue weighted by atomic mass is 79.9. The number of epoxide rings is 1. The molecule has 4 aliphatic rings. The number of nitriles is 7. The van der Waals surface area contributed by atoms with Crippen molar-refractivity contribution in [2.75, 3.05) is 19.8 Å². The number of carboxylic acid groups (broad SMARTS) is 2. The number of phenols is 3. The predicted molar refractivity (Wildman–Crippen MR) is 367 cm³/mol. The molecule has 0 radical (unpaired) electrons. The Balaban J connectivity index is 0.000000199. The summed E-state index contributed by atoms with van der Waals surface area (Å²) in [4.78, 5) is 21.5. The Hall–Kier alpha value is -8.73. The van der Waals surface area contributed by atoms with Crippen LogP contribution in [0, 0.1) is 79.3 Å². The van der Waals surface area contributed by atoms with Gasteiger partial charge in [-0.15, -0.1) is 6.58 Å². The van der Waals surface area contributed by atoms with Gasteiger partial charge in [0.25, 0.3) is 0 Å². The Morgan fingerprint density at radius 1 is 0.489 bits per heavy atom. The van der Waals surface area contributed by atoms with Crippen molar-refractivity contribution in [1.82, 2.24) is 0 Å². The average Bonchev–Trinajstić information content (AvgIpc) is 1.68. The van der Waals surface area contributed by atoms with Crippen LogP contribution in [0.5, 0.6) is 40.2 Å². The van der Waals surface area contributed by atoms with Crippen LogP contribution in [0.25, 0.3) is 0 Å². The van der Waals surface area contributed by atoms with E-state index in [1.54, 1.807) is 103 Å². The third-order valence-corrected chi connectivity index (χ3v) is 17.0. The maximum atomic E-state index is 10.7. The molecule has 4 atom stereocenters. The van der Waals surface area contributed by atoms with Crippen LogP contribution in [-0.4, -0.2) is 86.8 Å². The van der Waals surface area contributed by atoms with Crippen LogP contribution >= 0.6 is 112 Å². The number of halogens is 7. The summed E-state index contributed by atoms with van der Waals surface area (Å²) in [7, 11) is 0. The Morgan fingerprint density at radius 2 is 0.872 bits per heavy atom. The van der Waals surface area contributed by atoms with Gasteiger partial charge in [-0.05, 0) is 221 Å². The SMILES string of the molecule is C=CCOc1ccc(C#N)cc1Br.C=CCc1cc(C#N)cc(Br)c1O.N#Cc1cc(Br)c(O)c(CC2CO2)c1.N#Cc1cc(Br)c2c(c1)CC(C(=O)O)O2.N#Cc1cc(Br)c2c(c1)CC(CO)O2.N#Cc1cc(Br)c2c(c1)C[C@@H](C(=O)O)O2.N#Cc1ccc(O)c(Br)c1. The van der Waals surface area contributed by atoms with E-state index in [1.165, 1.54) is 6.07 Å². The van der Waals surface area contributed by atoms with E-state index in [1.807, 2.05) is 36.4 Å². The molecule has 1 fully saturated rings. The van der Waals surface area contributed by atoms with E-state index in [0.29, 0.717) is 117 Å². The number of phenolic OH excluding ortho intramolecular Hbond substituents is 3. The van der Waals surface area contributed by atoms with Crippen LogP contribution < -0.4 is 18.9 Å². The molecule has 0 bridgehead atoms. The van der Waals surface area contributed by atoms with Gasteiger partial charge in [-0.25, -0.2) is 9.59 Å². The average molecular weight is 1720 g/mol. The maximum Gasteiger partial charge on any atom is 0.345 e. The number of aliphatic hydroxyl groups excluding tert-OH is 1. The van der Waals surface area contributed by atoms with E-state index in [-0.39, 0.29) is 36.1 Å². The molecule has 0 aliphatic carbocycles. The Kier molecular flexibility index (Phi) is 30.1. The van der Waals surface area contributed by atoms with Crippen LogP contribution in [0.2, 0.25) is 0 Å². The van der Waals surface area contributed by atoms with Crippen molar-refractivity contribution in [1.29, 1.82) is 36.8 Å². The molecule has 478 valence electrons. The van der Waals surface area contributed by atoms with Gasteiger partial charge in [0.1, 0.15) is 53.0 Å². The summed E-state index contributed by atoms with van der Waals surface area (Å²) < 4.78 is 30.8. The number of hydrogen-bond acceptors (Lipinski definition) is 18. The number of ether oxygens (including phenoxy) is 5. The van der Waals surface area contributed by atoms with Crippen LogP contribution in [-0.2, 0) is 46.4 Å². The first-order valence-electron chi connectivity index (χ1n) is 27.0. The van der Waals surface area contributed by atoms with Gasteiger partial charge in [0.15, 0.2) is 12.2 Å². The lowest BCUT2D eigenvalue weighted by Crippen LogP contribution is -2.24. The monoisotopic (exact) mass is 1710 g/mol. The van der Waals surface area contributed by atoms with Crippen LogP contribution in [0.15, 0.2) is 154 Å². The first-order valence-corrected chi connectivity index (χ1v) is 32.5. The normalized spacial score (nSPS) is 14.7. The van der Waals surface area contributed by atoms with Crippen molar-refractivity contribution in [2.45, 2.75) is 56.5 Å². The smallest absolute Gasteiger partial charge is 0.345 e. The third-order valence-electron chi connectivity index (χ3n) is 12.8. The van der Waals surface area contributed by atoms with Crippen molar-refractivity contribution in [3.05, 3.63) is 220 Å². The first-order chi connectivity index (χ1) is 44.9. The Labute approximate surface area is 598 Å². The summed E-state index contributed by atoms with van der Waals surface area (Å²) >= 11 is 22.6. The van der Waals surface area contributed by atoms with Crippen molar-refractivity contribution in [2.24, 2.45) is 0 Å². The van der Waals surface area contributed by atoms with Gasteiger partial charge in [-0.3, -0.25) is 0 Å². The number of nitrogens with zero attached hydrogens (tertiary/aromatic N) is 7. The number of aliphatic carboxylic acids is 2. The number of fused-ring (bicyclic) bond motifs is 3. The van der Waals surface area contributed by atoms with Crippen molar-refractivity contribution >= 4 is 123 Å². The van der Waals surface area contributed by atoms with Crippen molar-refractivity contribution in [3.63, 3.8) is 0 Å². The quantitative estimate of drug-likeness (QED) is 0.0547. The molecule has 27 heteroatoms. The van der Waals surface area contributed by atoms with Gasteiger partial charge in [-0.2, -0.15) is 36.8 Å². The zero-order valence-electron chi connectivity index (χ0n) is 48.6. The molecule has 3 unspecified atom stereocenters. The standard InChI is InChI=1S/2C10H6BrNO3.2C10H8BrNO2.2C10H8BrNO.C7H4BrNO/c2*11-7-2-5(4-12)1-6-3-8(10(13)14)15-9(6)7;11-9-2-6(4-12)1-7(10(9)13)3-8-5-14-8;11-9-2-6(4-12)1-7-3-8(5-13)14-10(7)9;1-2-5-13-10-4-3-8(7-12)6-9(10)11;1-2-3-8-4-7(6-12)5-9(11)10(8)13;8-6-3-5(4-9)1-2-7(6)10/h2*1-2,8H,3H2,(H,13,14);2*1-2,8,13H,3,5H2;2-4,6H,1,5H2;2,4-5,13H,1,3H2;1-3,10H/t8-;;;;;;/m0....../s1. The largest absolute Gasteiger partial charge is 0.507 e. The second-order valence-electron chi connectivity index (χ2n) is 19.5. The highest BCUT2D eigenvalue weighted by molar-refractivity contribution is 9.11. The van der Waals surface area contributed by atoms with E-state index in [2.05, 4.69) is 131 Å². The van der Waals surface area contributed by atoms with Crippen molar-refractivity contribution < 1.29 is 63.9 Å². The molecule has 4 aliphatic heterocycles. The van der Waals surface area contributed by atoms with E-state index in [9.17, 15) is 19.8 Å². The first kappa shape index (κ1) is 76.0. The van der Waals surface area contributed by atoms with Crippen LogP contribution in [0.4, 0.5) is 0 Å². The second-order valence-corrected chi connectivity index (χ2v) is 25.5. The summed E-state index contributed by atoms with van der Waals surface area (Å²) in [5, 5.41) is 115. The minimum atomic E-state index is -0.989. The number of benzene rings is 7. The molecular weight excluding hydrogens is 1670 g/mol.